The second-order valence-electron chi connectivity index (χ2n) is 3.91. The average Bonchev–Trinajstić information content (AvgIpc) is 2.39. The zero-order valence-corrected chi connectivity index (χ0v) is 11.1. The predicted molar refractivity (Wildman–Crippen MR) is 80.3 cm³/mol. The third-order valence-electron chi connectivity index (χ3n) is 2.73. The number of anilines is 1. The fourth-order valence-electron chi connectivity index (χ4n) is 1.83. The maximum Gasteiger partial charge on any atom is 0.127 e. The highest BCUT2D eigenvalue weighted by Gasteiger charge is 2.06. The summed E-state index contributed by atoms with van der Waals surface area (Å²) in [4.78, 5) is 4.64. The van der Waals surface area contributed by atoms with Gasteiger partial charge in [0.1, 0.15) is 8.83 Å². The van der Waals surface area contributed by atoms with Gasteiger partial charge in [0, 0.05) is 16.6 Å². The molecule has 0 saturated carbocycles. The minimum atomic E-state index is 0.728. The molecule has 0 amide bonds. The van der Waals surface area contributed by atoms with Crippen LogP contribution in [0.3, 0.4) is 0 Å². The molecule has 0 aliphatic carbocycles. The Hall–Kier alpha value is -1.78. The Bertz CT molecular complexity index is 778. The van der Waals surface area contributed by atoms with Crippen LogP contribution in [-0.2, 0) is 0 Å². The van der Waals surface area contributed by atoms with Gasteiger partial charge in [-0.25, -0.2) is 4.98 Å². The van der Waals surface area contributed by atoms with Crippen LogP contribution >= 0.6 is 23.6 Å². The van der Waals surface area contributed by atoms with Crippen molar-refractivity contribution in [1.29, 1.82) is 0 Å². The lowest BCUT2D eigenvalue weighted by atomic mass is 10.2. The number of aromatic nitrogens is 1. The highest BCUT2D eigenvalue weighted by atomic mass is 32.1. The number of nitrogens with two attached hydrogens (primary N) is 1. The summed E-state index contributed by atoms with van der Waals surface area (Å²) in [7, 11) is 0. The van der Waals surface area contributed by atoms with Gasteiger partial charge in [-0.3, -0.25) is 0 Å². The summed E-state index contributed by atoms with van der Waals surface area (Å²) in [6.45, 7) is 0. The van der Waals surface area contributed by atoms with Gasteiger partial charge in [-0.2, -0.15) is 0 Å². The summed E-state index contributed by atoms with van der Waals surface area (Å²) in [5, 5.41) is 1.90. The van der Waals surface area contributed by atoms with Crippen molar-refractivity contribution in [2.24, 2.45) is 0 Å². The Morgan fingerprint density at radius 1 is 1.00 bits per heavy atom. The van der Waals surface area contributed by atoms with Crippen LogP contribution in [0.1, 0.15) is 0 Å². The van der Waals surface area contributed by atoms with Crippen LogP contribution in [0, 0.1) is 3.82 Å². The second kappa shape index (κ2) is 4.48. The van der Waals surface area contributed by atoms with E-state index >= 15 is 0 Å². The molecule has 0 bridgehead atoms. The lowest BCUT2D eigenvalue weighted by molar-refractivity contribution is 1.45. The summed E-state index contributed by atoms with van der Waals surface area (Å²) in [5.74, 6) is 0. The first-order valence-corrected chi connectivity index (χ1v) is 6.73. The van der Waals surface area contributed by atoms with Gasteiger partial charge in [-0.1, -0.05) is 42.5 Å². The molecule has 2 N–H and O–H groups in total. The number of hydrogen-bond donors (Lipinski definition) is 1. The number of rotatable bonds is 1. The number of fused-ring (bicyclic) bond motifs is 1. The molecule has 2 nitrogen and oxygen atoms in total. The highest BCUT2D eigenvalue weighted by molar-refractivity contribution is 7.74. The van der Waals surface area contributed by atoms with Crippen molar-refractivity contribution in [2.45, 2.75) is 0 Å². The van der Waals surface area contributed by atoms with Gasteiger partial charge in [-0.05, 0) is 18.2 Å². The predicted octanol–water partition coefficient (Wildman–Crippen LogP) is 4.27. The lowest BCUT2D eigenvalue weighted by Crippen LogP contribution is -1.90. The van der Waals surface area contributed by atoms with Crippen molar-refractivity contribution in [3.63, 3.8) is 0 Å². The van der Waals surface area contributed by atoms with Crippen molar-refractivity contribution < 1.29 is 0 Å². The van der Waals surface area contributed by atoms with E-state index in [2.05, 4.69) is 4.98 Å². The van der Waals surface area contributed by atoms with Crippen molar-refractivity contribution in [3.05, 3.63) is 52.4 Å². The van der Waals surface area contributed by atoms with E-state index in [4.69, 9.17) is 18.0 Å². The molecule has 0 atom stereocenters. The van der Waals surface area contributed by atoms with Gasteiger partial charge >= 0.3 is 0 Å². The first-order chi connectivity index (χ1) is 8.75. The van der Waals surface area contributed by atoms with E-state index in [1.807, 2.05) is 48.5 Å². The zero-order chi connectivity index (χ0) is 12.5. The molecular formula is C14H10N2S2. The van der Waals surface area contributed by atoms with Crippen molar-refractivity contribution in [1.82, 2.24) is 4.98 Å². The fraction of sp³-hybridized carbons (Fsp3) is 0. The second-order valence-corrected chi connectivity index (χ2v) is 5.58. The quantitative estimate of drug-likeness (QED) is 0.530. The van der Waals surface area contributed by atoms with E-state index in [1.165, 1.54) is 11.3 Å². The van der Waals surface area contributed by atoms with E-state index < -0.39 is 0 Å². The zero-order valence-electron chi connectivity index (χ0n) is 9.46. The lowest BCUT2D eigenvalue weighted by Gasteiger charge is -2.05. The first-order valence-electron chi connectivity index (χ1n) is 5.50. The van der Waals surface area contributed by atoms with Gasteiger partial charge < -0.3 is 5.73 Å². The van der Waals surface area contributed by atoms with Crippen LogP contribution < -0.4 is 5.73 Å². The Kier molecular flexibility index (Phi) is 2.81. The van der Waals surface area contributed by atoms with Crippen LogP contribution in [0.2, 0.25) is 0 Å². The molecule has 88 valence electrons. The molecular weight excluding hydrogens is 260 g/mol. The average molecular weight is 270 g/mol. The summed E-state index contributed by atoms with van der Waals surface area (Å²) < 4.78 is 0.846. The van der Waals surface area contributed by atoms with Crippen LogP contribution in [0.4, 0.5) is 5.69 Å². The molecule has 0 unspecified atom stereocenters. The van der Waals surface area contributed by atoms with Crippen molar-refractivity contribution >= 4 is 40.1 Å². The van der Waals surface area contributed by atoms with Crippen LogP contribution in [-0.4, -0.2) is 4.98 Å². The topological polar surface area (TPSA) is 38.9 Å². The van der Waals surface area contributed by atoms with Crippen LogP contribution in [0.15, 0.2) is 48.5 Å². The third kappa shape index (κ3) is 1.89. The van der Waals surface area contributed by atoms with Gasteiger partial charge in [0.2, 0.25) is 0 Å². The molecule has 0 fully saturated rings. The molecule has 0 aliphatic rings. The number of nitrogen functional groups attached to an aromatic ring is 1. The van der Waals surface area contributed by atoms with E-state index in [1.54, 1.807) is 0 Å². The smallest absolute Gasteiger partial charge is 0.127 e. The van der Waals surface area contributed by atoms with E-state index in [-0.39, 0.29) is 0 Å². The molecule has 3 rings (SSSR count). The van der Waals surface area contributed by atoms with Gasteiger partial charge in [0.15, 0.2) is 0 Å². The van der Waals surface area contributed by atoms with Gasteiger partial charge in [0.05, 0.1) is 5.52 Å². The van der Waals surface area contributed by atoms with E-state index in [0.717, 1.165) is 31.0 Å². The SMILES string of the molecule is Nc1ccccc1-c1nc2ccccc2c(=S)s1. The maximum absolute atomic E-state index is 5.98. The molecule has 2 aromatic carbocycles. The molecule has 0 radical (unpaired) electrons. The van der Waals surface area contributed by atoms with E-state index in [0.29, 0.717) is 0 Å². The minimum Gasteiger partial charge on any atom is -0.398 e. The largest absolute Gasteiger partial charge is 0.398 e. The van der Waals surface area contributed by atoms with Crippen LogP contribution in [0.5, 0.6) is 0 Å². The van der Waals surface area contributed by atoms with Crippen molar-refractivity contribution in [2.75, 3.05) is 5.73 Å². The molecule has 1 heterocycles. The van der Waals surface area contributed by atoms with Gasteiger partial charge in [0.25, 0.3) is 0 Å². The van der Waals surface area contributed by atoms with E-state index in [9.17, 15) is 0 Å². The summed E-state index contributed by atoms with van der Waals surface area (Å²) in [6, 6.07) is 15.6. The summed E-state index contributed by atoms with van der Waals surface area (Å²) in [5.41, 5.74) is 8.57. The summed E-state index contributed by atoms with van der Waals surface area (Å²) in [6.07, 6.45) is 0. The molecule has 1 aromatic heterocycles. The Morgan fingerprint density at radius 2 is 1.72 bits per heavy atom. The number of para-hydroxylation sites is 2. The number of hydrogen-bond acceptors (Lipinski definition) is 4. The highest BCUT2D eigenvalue weighted by Crippen LogP contribution is 2.30. The Balaban J connectivity index is 2.32. The normalized spacial score (nSPS) is 10.7. The molecule has 4 heteroatoms. The Morgan fingerprint density at radius 3 is 2.56 bits per heavy atom. The third-order valence-corrected chi connectivity index (χ3v) is 4.11. The fourth-order valence-corrected chi connectivity index (χ4v) is 3.13. The molecule has 3 aromatic rings. The number of nitrogens with zero attached hydrogens (tertiary/aromatic N) is 1. The minimum absolute atomic E-state index is 0.728. The standard InChI is InChI=1S/C14H10N2S2/c15-11-7-3-1-5-9(11)13-16-12-8-4-2-6-10(12)14(17)18-13/h1-8H,15H2. The Labute approximate surface area is 114 Å². The molecule has 18 heavy (non-hydrogen) atoms. The summed E-state index contributed by atoms with van der Waals surface area (Å²) >= 11 is 6.92. The van der Waals surface area contributed by atoms with Gasteiger partial charge in [-0.15, -0.1) is 11.3 Å². The maximum atomic E-state index is 5.98. The first kappa shape index (κ1) is 11.3. The monoisotopic (exact) mass is 270 g/mol. The van der Waals surface area contributed by atoms with Crippen LogP contribution in [0.25, 0.3) is 21.5 Å². The number of benzene rings is 2. The molecule has 0 saturated heterocycles. The molecule has 0 spiro atoms. The molecule has 0 aliphatic heterocycles. The van der Waals surface area contributed by atoms with Crippen molar-refractivity contribution in [3.8, 4) is 10.6 Å².